The predicted octanol–water partition coefficient (Wildman–Crippen LogP) is 9.15. The van der Waals surface area contributed by atoms with Crippen LogP contribution in [0.5, 0.6) is 11.5 Å². The number of hydrogen-bond donors (Lipinski definition) is 1. The third kappa shape index (κ3) is 8.84. The van der Waals surface area contributed by atoms with Crippen LogP contribution in [0.2, 0.25) is 0 Å². The number of nitrogens with zero attached hydrogens (tertiary/aromatic N) is 6. The van der Waals surface area contributed by atoms with Crippen LogP contribution in [0, 0.1) is 11.3 Å². The third-order valence-electron chi connectivity index (χ3n) is 11.4. The van der Waals surface area contributed by atoms with E-state index >= 15 is 0 Å². The van der Waals surface area contributed by atoms with Gasteiger partial charge in [0.2, 0.25) is 0 Å². The summed E-state index contributed by atoms with van der Waals surface area (Å²) in [6.45, 7) is 8.88. The molecular weight excluding hydrogens is 850 g/mol. The molecule has 1 amide bonds. The van der Waals surface area contributed by atoms with E-state index in [0.29, 0.717) is 22.5 Å². The molecule has 2 saturated heterocycles. The van der Waals surface area contributed by atoms with Gasteiger partial charge in [0.05, 0.1) is 51.0 Å². The fourth-order valence-corrected chi connectivity index (χ4v) is 12.0. The largest absolute Gasteiger partial charge is 0.497 e. The van der Waals surface area contributed by atoms with Gasteiger partial charge in [-0.2, -0.15) is 5.26 Å². The Morgan fingerprint density at radius 3 is 2.11 bits per heavy atom. The summed E-state index contributed by atoms with van der Waals surface area (Å²) in [6, 6.07) is 38.1. The van der Waals surface area contributed by atoms with Crippen LogP contribution in [0.3, 0.4) is 0 Å². The van der Waals surface area contributed by atoms with Crippen molar-refractivity contribution in [2.24, 2.45) is 0 Å². The smallest absolute Gasteiger partial charge is 0.259 e. The van der Waals surface area contributed by atoms with Gasteiger partial charge in [-0.05, 0) is 80.8 Å². The van der Waals surface area contributed by atoms with Gasteiger partial charge < -0.3 is 33.3 Å². The van der Waals surface area contributed by atoms with Crippen LogP contribution in [-0.2, 0) is 23.3 Å². The molecule has 6 aromatic rings. The minimum Gasteiger partial charge on any atom is -0.497 e. The number of methoxy groups -OCH3 is 2. The quantitative estimate of drug-likeness (QED) is 0.0467. The molecule has 2 aliphatic heterocycles. The van der Waals surface area contributed by atoms with Crippen molar-refractivity contribution in [1.29, 1.82) is 5.26 Å². The molecule has 0 radical (unpaired) electrons. The normalized spacial score (nSPS) is 19.9. The number of ether oxygens (including phenoxy) is 4. The van der Waals surface area contributed by atoms with Crippen molar-refractivity contribution in [3.8, 4) is 17.6 Å². The zero-order valence-electron chi connectivity index (χ0n) is 36.7. The summed E-state index contributed by atoms with van der Waals surface area (Å²) < 4.78 is 42.5. The Bertz CT molecular complexity index is 2490. The zero-order valence-corrected chi connectivity index (χ0v) is 38.4. The molecular formula is C48H52N7O7PS. The van der Waals surface area contributed by atoms with E-state index in [0.717, 1.165) is 28.2 Å². The lowest BCUT2D eigenvalue weighted by atomic mass is 9.84. The first-order valence-electron chi connectivity index (χ1n) is 21.2. The molecule has 14 nitrogen and oxygen atoms in total. The van der Waals surface area contributed by atoms with E-state index in [-0.39, 0.29) is 43.4 Å². The maximum Gasteiger partial charge on any atom is 0.259 e. The first-order chi connectivity index (χ1) is 31.1. The average Bonchev–Trinajstić information content (AvgIpc) is 4.00. The van der Waals surface area contributed by atoms with Gasteiger partial charge in [-0.15, -0.1) is 11.8 Å². The Hall–Kier alpha value is -5.43. The summed E-state index contributed by atoms with van der Waals surface area (Å²) in [5, 5.41) is 12.4. The molecule has 332 valence electrons. The van der Waals surface area contributed by atoms with Crippen molar-refractivity contribution in [2.45, 2.75) is 75.0 Å². The molecule has 5 atom stereocenters. The van der Waals surface area contributed by atoms with Crippen LogP contribution in [0.1, 0.15) is 67.4 Å². The number of fused-ring (bicyclic) bond motifs is 3. The average molecular weight is 902 g/mol. The van der Waals surface area contributed by atoms with Gasteiger partial charge in [-0.3, -0.25) is 9.36 Å². The van der Waals surface area contributed by atoms with Gasteiger partial charge >= 0.3 is 0 Å². The maximum atomic E-state index is 13.3. The summed E-state index contributed by atoms with van der Waals surface area (Å²) in [6.07, 6.45) is 1.24. The Morgan fingerprint density at radius 1 is 0.906 bits per heavy atom. The number of nitrogens with one attached hydrogen (secondary N) is 1. The first-order valence-corrected chi connectivity index (χ1v) is 23.3. The minimum absolute atomic E-state index is 0.0601. The number of thioether (sulfide) groups is 1. The number of carbonyl (C=O) groups excluding carboxylic acids is 1. The lowest BCUT2D eigenvalue weighted by Crippen LogP contribution is -2.46. The molecule has 8 rings (SSSR count). The Labute approximate surface area is 379 Å². The summed E-state index contributed by atoms with van der Waals surface area (Å²) >= 11 is 1.73. The standard InChI is InChI=1S/C48H52N7O7PS/c1-32(2)55(33(3)4)63(60-27-13-26-49)62-42-41-46(54-31-52-40-43(50-30-51-44(40)54)53-45(56)34-14-9-7-10-15-34)61-47(42,28-59-41)29-64-48(35-16-11-8-12-17-35,36-18-22-38(57-5)23-19-36)37-20-24-39(58-6)25-21-37/h7-12,14-25,30-33,41-42,46H,13,27-29H2,1-6H3,(H,50,51,53,56)/t41?,42?,46-,47-,63?/m1/s1. The molecule has 3 unspecified atom stereocenters. The lowest BCUT2D eigenvalue weighted by Gasteiger charge is -2.41. The lowest BCUT2D eigenvalue weighted by molar-refractivity contribution is -0.162. The predicted molar refractivity (Wildman–Crippen MR) is 247 cm³/mol. The molecule has 2 bridgehead atoms. The van der Waals surface area contributed by atoms with Gasteiger partial charge in [0.25, 0.3) is 14.4 Å². The number of rotatable bonds is 19. The van der Waals surface area contributed by atoms with Gasteiger partial charge in [0, 0.05) is 23.4 Å². The van der Waals surface area contributed by atoms with Crippen molar-refractivity contribution in [1.82, 2.24) is 24.2 Å². The van der Waals surface area contributed by atoms with Crippen LogP contribution in [0.4, 0.5) is 5.82 Å². The van der Waals surface area contributed by atoms with E-state index in [4.69, 9.17) is 33.0 Å². The van der Waals surface area contributed by atoms with Gasteiger partial charge in [-0.1, -0.05) is 72.8 Å². The SMILES string of the molecule is COc1ccc(C(SC[C@]23COC(C2OP(OCCC#N)N(C(C)C)C(C)C)[C@H](n2cnc4c(NC(=O)c5ccccc5)ncnc42)O3)(c2ccccc2)c2ccc(OC)cc2)cc1. The molecule has 2 aromatic heterocycles. The van der Waals surface area contributed by atoms with Crippen LogP contribution in [0.25, 0.3) is 11.2 Å². The van der Waals surface area contributed by atoms with Crippen LogP contribution in [-0.4, -0.2) is 93.2 Å². The van der Waals surface area contributed by atoms with Crippen molar-refractivity contribution >= 4 is 43.2 Å². The van der Waals surface area contributed by atoms with E-state index in [1.165, 1.54) is 6.33 Å². The second-order valence-corrected chi connectivity index (χ2v) is 18.7. The van der Waals surface area contributed by atoms with Gasteiger partial charge in [-0.25, -0.2) is 19.6 Å². The number of carbonyl (C=O) groups is 1. The highest BCUT2D eigenvalue weighted by Gasteiger charge is 2.65. The van der Waals surface area contributed by atoms with Crippen molar-refractivity contribution in [3.05, 3.63) is 144 Å². The molecule has 2 aliphatic rings. The third-order valence-corrected chi connectivity index (χ3v) is 15.3. The van der Waals surface area contributed by atoms with Crippen LogP contribution in [0.15, 0.2) is 122 Å². The minimum atomic E-state index is -1.71. The molecule has 0 aliphatic carbocycles. The second kappa shape index (κ2) is 19.8. The van der Waals surface area contributed by atoms with Crippen molar-refractivity contribution in [2.75, 3.05) is 38.5 Å². The van der Waals surface area contributed by atoms with E-state index in [2.05, 4.69) is 102 Å². The molecule has 4 heterocycles. The highest BCUT2D eigenvalue weighted by Crippen LogP contribution is 2.59. The monoisotopic (exact) mass is 901 g/mol. The van der Waals surface area contributed by atoms with Crippen molar-refractivity contribution < 1.29 is 32.8 Å². The summed E-state index contributed by atoms with van der Waals surface area (Å²) in [5.74, 6) is 1.85. The highest BCUT2D eigenvalue weighted by atomic mass is 32.2. The number of hydrogen-bond acceptors (Lipinski definition) is 13. The summed E-state index contributed by atoms with van der Waals surface area (Å²) in [5.41, 5.74) is 3.42. The molecule has 0 spiro atoms. The summed E-state index contributed by atoms with van der Waals surface area (Å²) in [7, 11) is 1.61. The summed E-state index contributed by atoms with van der Waals surface area (Å²) in [4.78, 5) is 27.0. The van der Waals surface area contributed by atoms with E-state index in [1.807, 2.05) is 41.0 Å². The topological polar surface area (TPSA) is 155 Å². The van der Waals surface area contributed by atoms with Crippen molar-refractivity contribution in [3.63, 3.8) is 0 Å². The maximum absolute atomic E-state index is 13.3. The number of anilines is 1. The Balaban J connectivity index is 1.23. The molecule has 1 N–H and O–H groups in total. The van der Waals surface area contributed by atoms with E-state index < -0.39 is 37.3 Å². The molecule has 4 aromatic carbocycles. The Morgan fingerprint density at radius 2 is 1.52 bits per heavy atom. The molecule has 0 saturated carbocycles. The van der Waals surface area contributed by atoms with E-state index in [1.54, 1.807) is 56.6 Å². The van der Waals surface area contributed by atoms with Gasteiger partial charge in [0.1, 0.15) is 35.6 Å². The van der Waals surface area contributed by atoms with E-state index in [9.17, 15) is 10.1 Å². The molecule has 16 heteroatoms. The number of aromatic nitrogens is 4. The first kappa shape index (κ1) is 45.1. The molecule has 2 fully saturated rings. The second-order valence-electron chi connectivity index (χ2n) is 16.1. The number of amides is 1. The Kier molecular flexibility index (Phi) is 13.9. The van der Waals surface area contributed by atoms with Crippen LogP contribution < -0.4 is 14.8 Å². The number of imidazole rings is 1. The fourth-order valence-electron chi connectivity index (χ4n) is 8.47. The zero-order chi connectivity index (χ0) is 44.8. The number of nitriles is 1. The highest BCUT2D eigenvalue weighted by molar-refractivity contribution is 8.00. The molecule has 64 heavy (non-hydrogen) atoms. The van der Waals surface area contributed by atoms with Crippen LogP contribution >= 0.6 is 20.3 Å². The fraction of sp³-hybridized carbons (Fsp3) is 0.354. The van der Waals surface area contributed by atoms with Gasteiger partial charge in [0.15, 0.2) is 23.2 Å². The number of benzene rings is 4.